The molecule has 2 atom stereocenters. The Morgan fingerprint density at radius 3 is 2.48 bits per heavy atom. The first-order chi connectivity index (χ1) is 10.9. The van der Waals surface area contributed by atoms with E-state index in [-0.39, 0.29) is 23.4 Å². The third kappa shape index (κ3) is 3.02. The summed E-state index contributed by atoms with van der Waals surface area (Å²) in [5.74, 6) is -0.574. The Bertz CT molecular complexity index is 809. The molecule has 0 radical (unpaired) electrons. The van der Waals surface area contributed by atoms with Gasteiger partial charge in [-0.3, -0.25) is 0 Å². The average molecular weight is 334 g/mol. The van der Waals surface area contributed by atoms with Crippen LogP contribution in [-0.4, -0.2) is 31.9 Å². The van der Waals surface area contributed by atoms with E-state index >= 15 is 0 Å². The summed E-state index contributed by atoms with van der Waals surface area (Å²) in [4.78, 5) is -0.0264. The summed E-state index contributed by atoms with van der Waals surface area (Å²) in [6.45, 7) is 2.14. The molecule has 2 N–H and O–H groups in total. The number of aryl methyl sites for hydroxylation is 1. The molecule has 0 spiro atoms. The predicted molar refractivity (Wildman–Crippen MR) is 87.1 cm³/mol. The van der Waals surface area contributed by atoms with Crippen LogP contribution in [0, 0.1) is 12.7 Å². The van der Waals surface area contributed by atoms with Crippen LogP contribution in [0.3, 0.4) is 0 Å². The normalized spacial score (nSPS) is 22.4. The number of benzene rings is 2. The van der Waals surface area contributed by atoms with Crippen molar-refractivity contribution in [2.45, 2.75) is 23.8 Å². The minimum Gasteiger partial charge on any atom is -0.326 e. The van der Waals surface area contributed by atoms with E-state index in [4.69, 9.17) is 5.73 Å². The molecule has 1 heterocycles. The van der Waals surface area contributed by atoms with Crippen molar-refractivity contribution in [3.05, 3.63) is 65.5 Å². The molecule has 0 aliphatic carbocycles. The Kier molecular flexibility index (Phi) is 4.23. The molecule has 4 nitrogen and oxygen atoms in total. The topological polar surface area (TPSA) is 63.4 Å². The van der Waals surface area contributed by atoms with Gasteiger partial charge in [0, 0.05) is 25.0 Å². The van der Waals surface area contributed by atoms with Gasteiger partial charge < -0.3 is 5.73 Å². The number of hydrogen-bond acceptors (Lipinski definition) is 3. The number of nitrogens with two attached hydrogens (primary N) is 1. The predicted octanol–water partition coefficient (Wildman–Crippen LogP) is 2.25. The smallest absolute Gasteiger partial charge is 0.243 e. The second-order valence-electron chi connectivity index (χ2n) is 5.91. The average Bonchev–Trinajstić information content (AvgIpc) is 2.93. The summed E-state index contributed by atoms with van der Waals surface area (Å²) in [6.07, 6.45) is 0. The van der Waals surface area contributed by atoms with Gasteiger partial charge in [0.25, 0.3) is 0 Å². The molecule has 1 aliphatic rings. The zero-order chi connectivity index (χ0) is 16.6. The molecule has 122 valence electrons. The maximum absolute atomic E-state index is 13.7. The molecular formula is C17H19FN2O2S. The molecule has 0 bridgehead atoms. The second kappa shape index (κ2) is 6.03. The summed E-state index contributed by atoms with van der Waals surface area (Å²) in [7, 11) is -3.74. The zero-order valence-electron chi connectivity index (χ0n) is 12.8. The molecule has 6 heteroatoms. The third-order valence-corrected chi connectivity index (χ3v) is 6.17. The number of rotatable bonds is 3. The van der Waals surface area contributed by atoms with Crippen LogP contribution < -0.4 is 5.73 Å². The molecule has 1 fully saturated rings. The van der Waals surface area contributed by atoms with Crippen molar-refractivity contribution < 1.29 is 12.8 Å². The van der Waals surface area contributed by atoms with Gasteiger partial charge in [-0.05, 0) is 30.2 Å². The molecule has 1 aliphatic heterocycles. The minimum atomic E-state index is -3.74. The van der Waals surface area contributed by atoms with Gasteiger partial charge in [-0.15, -0.1) is 0 Å². The minimum absolute atomic E-state index is 0.0264. The lowest BCUT2D eigenvalue weighted by molar-refractivity contribution is 0.469. The van der Waals surface area contributed by atoms with Crippen molar-refractivity contribution in [1.29, 1.82) is 0 Å². The standard InChI is InChI=1S/C17H19FN2O2S/c1-12-7-8-14(9-16(12)18)23(21,22)20-10-15(17(19)11-20)13-5-3-2-4-6-13/h2-9,15,17H,10-11,19H2,1H3/t15-,17+/m0/s1. The fourth-order valence-corrected chi connectivity index (χ4v) is 4.44. The molecule has 0 aromatic heterocycles. The molecule has 2 aromatic rings. The van der Waals surface area contributed by atoms with Crippen LogP contribution in [0.4, 0.5) is 4.39 Å². The van der Waals surface area contributed by atoms with E-state index in [9.17, 15) is 12.8 Å². The Balaban J connectivity index is 1.88. The molecule has 3 rings (SSSR count). The van der Waals surface area contributed by atoms with Gasteiger partial charge in [0.15, 0.2) is 0 Å². The summed E-state index contributed by atoms with van der Waals surface area (Å²) < 4.78 is 40.5. The summed E-state index contributed by atoms with van der Waals surface area (Å²) in [5, 5.41) is 0. The van der Waals surface area contributed by atoms with Crippen molar-refractivity contribution >= 4 is 10.0 Å². The maximum Gasteiger partial charge on any atom is 0.243 e. The highest BCUT2D eigenvalue weighted by atomic mass is 32.2. The quantitative estimate of drug-likeness (QED) is 0.936. The van der Waals surface area contributed by atoms with Crippen LogP contribution in [0.25, 0.3) is 0 Å². The lowest BCUT2D eigenvalue weighted by Gasteiger charge is -2.17. The summed E-state index contributed by atoms with van der Waals surface area (Å²) in [5.41, 5.74) is 7.59. The van der Waals surface area contributed by atoms with Crippen LogP contribution in [0.2, 0.25) is 0 Å². The highest BCUT2D eigenvalue weighted by Gasteiger charge is 2.38. The van der Waals surface area contributed by atoms with Crippen LogP contribution in [-0.2, 0) is 10.0 Å². The van der Waals surface area contributed by atoms with Crippen molar-refractivity contribution in [2.24, 2.45) is 5.73 Å². The largest absolute Gasteiger partial charge is 0.326 e. The van der Waals surface area contributed by atoms with Crippen LogP contribution in [0.1, 0.15) is 17.0 Å². The molecular weight excluding hydrogens is 315 g/mol. The lowest BCUT2D eigenvalue weighted by Crippen LogP contribution is -2.32. The maximum atomic E-state index is 13.7. The highest BCUT2D eigenvalue weighted by molar-refractivity contribution is 7.89. The van der Waals surface area contributed by atoms with E-state index in [0.717, 1.165) is 11.6 Å². The van der Waals surface area contributed by atoms with Gasteiger partial charge in [0.05, 0.1) is 4.90 Å². The SMILES string of the molecule is Cc1ccc(S(=O)(=O)N2C[C@@H](N)[C@H](c3ccccc3)C2)cc1F. The van der Waals surface area contributed by atoms with Crippen LogP contribution >= 0.6 is 0 Å². The fourth-order valence-electron chi connectivity index (χ4n) is 2.92. The lowest BCUT2D eigenvalue weighted by atomic mass is 9.95. The van der Waals surface area contributed by atoms with Crippen molar-refractivity contribution in [1.82, 2.24) is 4.31 Å². The number of sulfonamides is 1. The van der Waals surface area contributed by atoms with E-state index in [1.54, 1.807) is 6.92 Å². The Morgan fingerprint density at radius 1 is 1.13 bits per heavy atom. The fraction of sp³-hybridized carbons (Fsp3) is 0.294. The zero-order valence-corrected chi connectivity index (χ0v) is 13.6. The van der Waals surface area contributed by atoms with E-state index in [1.165, 1.54) is 16.4 Å². The Hall–Kier alpha value is -1.76. The van der Waals surface area contributed by atoms with Crippen molar-refractivity contribution in [3.63, 3.8) is 0 Å². The molecule has 0 saturated carbocycles. The number of halogens is 1. The number of nitrogens with zero attached hydrogens (tertiary/aromatic N) is 1. The first-order valence-electron chi connectivity index (χ1n) is 7.46. The third-order valence-electron chi connectivity index (χ3n) is 4.34. The first kappa shape index (κ1) is 16.1. The second-order valence-corrected chi connectivity index (χ2v) is 7.85. The van der Waals surface area contributed by atoms with Gasteiger partial charge in [0.2, 0.25) is 10.0 Å². The Morgan fingerprint density at radius 2 is 1.83 bits per heavy atom. The molecule has 0 unspecified atom stereocenters. The van der Waals surface area contributed by atoms with Gasteiger partial charge in [-0.2, -0.15) is 4.31 Å². The highest BCUT2D eigenvalue weighted by Crippen LogP contribution is 2.30. The first-order valence-corrected chi connectivity index (χ1v) is 8.90. The molecule has 1 saturated heterocycles. The number of hydrogen-bond donors (Lipinski definition) is 1. The summed E-state index contributed by atoms with van der Waals surface area (Å²) in [6, 6.07) is 13.4. The van der Waals surface area contributed by atoms with Crippen LogP contribution in [0.15, 0.2) is 53.4 Å². The molecule has 0 amide bonds. The molecule has 23 heavy (non-hydrogen) atoms. The van der Waals surface area contributed by atoms with E-state index in [0.29, 0.717) is 12.1 Å². The van der Waals surface area contributed by atoms with Gasteiger partial charge in [-0.1, -0.05) is 36.4 Å². The van der Waals surface area contributed by atoms with Crippen LogP contribution in [0.5, 0.6) is 0 Å². The monoisotopic (exact) mass is 334 g/mol. The Labute approximate surface area is 135 Å². The summed E-state index contributed by atoms with van der Waals surface area (Å²) >= 11 is 0. The van der Waals surface area contributed by atoms with E-state index in [2.05, 4.69) is 0 Å². The van der Waals surface area contributed by atoms with Gasteiger partial charge >= 0.3 is 0 Å². The van der Waals surface area contributed by atoms with E-state index in [1.807, 2.05) is 30.3 Å². The van der Waals surface area contributed by atoms with E-state index < -0.39 is 15.8 Å². The van der Waals surface area contributed by atoms with Gasteiger partial charge in [0.1, 0.15) is 5.82 Å². The van der Waals surface area contributed by atoms with Crippen molar-refractivity contribution in [3.8, 4) is 0 Å². The van der Waals surface area contributed by atoms with Gasteiger partial charge in [-0.25, -0.2) is 12.8 Å². The van der Waals surface area contributed by atoms with Crippen molar-refractivity contribution in [2.75, 3.05) is 13.1 Å². The molecule has 2 aromatic carbocycles.